The van der Waals surface area contributed by atoms with Crippen molar-refractivity contribution in [2.24, 2.45) is 0 Å². The maximum atomic E-state index is 4.92. The first kappa shape index (κ1) is 14.0. The van der Waals surface area contributed by atoms with Gasteiger partial charge in [0.1, 0.15) is 0 Å². The average Bonchev–Trinajstić information content (AvgIpc) is 2.92. The van der Waals surface area contributed by atoms with E-state index in [9.17, 15) is 0 Å². The SMILES string of the molecule is CC(C)(C)NCc1sc(C(C)(C)C)nc1C1CC1. The van der Waals surface area contributed by atoms with Crippen LogP contribution in [0, 0.1) is 0 Å². The van der Waals surface area contributed by atoms with E-state index in [0.29, 0.717) is 0 Å². The molecule has 1 N–H and O–H groups in total. The molecule has 0 aliphatic heterocycles. The summed E-state index contributed by atoms with van der Waals surface area (Å²) in [4.78, 5) is 6.38. The third-order valence-corrected chi connectivity index (χ3v) is 4.61. The van der Waals surface area contributed by atoms with Gasteiger partial charge in [0, 0.05) is 28.3 Å². The van der Waals surface area contributed by atoms with Gasteiger partial charge in [-0.25, -0.2) is 4.98 Å². The monoisotopic (exact) mass is 266 g/mol. The molecular weight excluding hydrogens is 240 g/mol. The summed E-state index contributed by atoms with van der Waals surface area (Å²) in [7, 11) is 0. The second kappa shape index (κ2) is 4.61. The Hall–Kier alpha value is -0.410. The second-order valence-corrected chi connectivity index (χ2v) is 8.54. The van der Waals surface area contributed by atoms with E-state index in [1.54, 1.807) is 0 Å². The van der Waals surface area contributed by atoms with Gasteiger partial charge >= 0.3 is 0 Å². The van der Waals surface area contributed by atoms with Gasteiger partial charge in [-0.1, -0.05) is 20.8 Å². The summed E-state index contributed by atoms with van der Waals surface area (Å²) in [6.07, 6.45) is 2.66. The molecule has 0 spiro atoms. The number of nitrogens with zero attached hydrogens (tertiary/aromatic N) is 1. The molecule has 2 nitrogen and oxygen atoms in total. The van der Waals surface area contributed by atoms with Gasteiger partial charge in [0.05, 0.1) is 10.7 Å². The van der Waals surface area contributed by atoms with Crippen LogP contribution >= 0.6 is 11.3 Å². The number of aromatic nitrogens is 1. The Morgan fingerprint density at radius 2 is 1.78 bits per heavy atom. The van der Waals surface area contributed by atoms with Crippen molar-refractivity contribution in [3.05, 3.63) is 15.6 Å². The zero-order chi connectivity index (χ0) is 13.6. The van der Waals surface area contributed by atoms with Crippen molar-refractivity contribution in [3.63, 3.8) is 0 Å². The number of hydrogen-bond acceptors (Lipinski definition) is 3. The van der Waals surface area contributed by atoms with Gasteiger partial charge in [-0.05, 0) is 33.6 Å². The molecule has 102 valence electrons. The second-order valence-electron chi connectivity index (χ2n) is 7.46. The molecule has 0 bridgehead atoms. The quantitative estimate of drug-likeness (QED) is 0.886. The van der Waals surface area contributed by atoms with Crippen molar-refractivity contribution >= 4 is 11.3 Å². The van der Waals surface area contributed by atoms with Crippen molar-refractivity contribution in [3.8, 4) is 0 Å². The molecule has 0 amide bonds. The Kier molecular flexibility index (Phi) is 3.58. The fourth-order valence-electron chi connectivity index (χ4n) is 1.83. The molecule has 1 heterocycles. The zero-order valence-electron chi connectivity index (χ0n) is 12.6. The molecule has 0 unspecified atom stereocenters. The first-order chi connectivity index (χ1) is 8.17. The van der Waals surface area contributed by atoms with Crippen LogP contribution in [0.5, 0.6) is 0 Å². The molecule has 2 rings (SSSR count). The summed E-state index contributed by atoms with van der Waals surface area (Å²) >= 11 is 1.90. The Morgan fingerprint density at radius 3 is 2.22 bits per heavy atom. The van der Waals surface area contributed by atoms with Gasteiger partial charge in [0.25, 0.3) is 0 Å². The van der Waals surface area contributed by atoms with Crippen LogP contribution in [0.25, 0.3) is 0 Å². The summed E-state index contributed by atoms with van der Waals surface area (Å²) in [5.41, 5.74) is 1.72. The standard InChI is InChI=1S/C15H26N2S/c1-14(2,3)13-17-12(10-7-8-10)11(18-13)9-16-15(4,5)6/h10,16H,7-9H2,1-6H3. The van der Waals surface area contributed by atoms with Crippen molar-refractivity contribution < 1.29 is 0 Å². The highest BCUT2D eigenvalue weighted by molar-refractivity contribution is 7.11. The largest absolute Gasteiger partial charge is 0.307 e. The molecule has 1 aliphatic carbocycles. The summed E-state index contributed by atoms with van der Waals surface area (Å²) in [6, 6.07) is 0. The van der Waals surface area contributed by atoms with Gasteiger partial charge in [-0.15, -0.1) is 11.3 Å². The van der Waals surface area contributed by atoms with Crippen LogP contribution in [-0.2, 0) is 12.0 Å². The first-order valence-electron chi connectivity index (χ1n) is 6.92. The molecule has 1 aromatic rings. The topological polar surface area (TPSA) is 24.9 Å². The zero-order valence-corrected chi connectivity index (χ0v) is 13.4. The lowest BCUT2D eigenvalue weighted by molar-refractivity contribution is 0.425. The van der Waals surface area contributed by atoms with Gasteiger partial charge in [0.15, 0.2) is 0 Å². The average molecular weight is 266 g/mol. The third kappa shape index (κ3) is 3.55. The molecular formula is C15H26N2S. The Labute approximate surface area is 115 Å². The van der Waals surface area contributed by atoms with E-state index < -0.39 is 0 Å². The summed E-state index contributed by atoms with van der Waals surface area (Å²) in [5.74, 6) is 0.745. The van der Waals surface area contributed by atoms with E-state index in [1.165, 1.54) is 28.4 Å². The van der Waals surface area contributed by atoms with Gasteiger partial charge < -0.3 is 5.32 Å². The fourth-order valence-corrected chi connectivity index (χ4v) is 2.98. The maximum Gasteiger partial charge on any atom is 0.0985 e. The molecule has 0 atom stereocenters. The summed E-state index contributed by atoms with van der Waals surface area (Å²) < 4.78 is 0. The molecule has 0 radical (unpaired) electrons. The summed E-state index contributed by atoms with van der Waals surface area (Å²) in [6.45, 7) is 14.4. The van der Waals surface area contributed by atoms with Crippen LogP contribution in [0.15, 0.2) is 0 Å². The Bertz CT molecular complexity index is 417. The van der Waals surface area contributed by atoms with Crippen molar-refractivity contribution in [2.45, 2.75) is 77.8 Å². The minimum Gasteiger partial charge on any atom is -0.307 e. The highest BCUT2D eigenvalue weighted by Crippen LogP contribution is 2.44. The lowest BCUT2D eigenvalue weighted by Gasteiger charge is -2.20. The molecule has 1 aliphatic rings. The number of rotatable bonds is 3. The molecule has 18 heavy (non-hydrogen) atoms. The molecule has 3 heteroatoms. The molecule has 1 aromatic heterocycles. The van der Waals surface area contributed by atoms with E-state index in [2.05, 4.69) is 46.9 Å². The molecule has 1 fully saturated rings. The van der Waals surface area contributed by atoms with Crippen LogP contribution in [0.2, 0.25) is 0 Å². The van der Waals surface area contributed by atoms with Gasteiger partial charge in [0.2, 0.25) is 0 Å². The predicted molar refractivity (Wildman–Crippen MR) is 79.4 cm³/mol. The molecule has 1 saturated carbocycles. The summed E-state index contributed by atoms with van der Waals surface area (Å²) in [5, 5.41) is 4.88. The highest BCUT2D eigenvalue weighted by atomic mass is 32.1. The normalized spacial score (nSPS) is 17.2. The van der Waals surface area contributed by atoms with E-state index in [1.807, 2.05) is 11.3 Å². The van der Waals surface area contributed by atoms with Gasteiger partial charge in [-0.2, -0.15) is 0 Å². The minimum atomic E-state index is 0.173. The van der Waals surface area contributed by atoms with E-state index in [4.69, 9.17) is 4.98 Å². The number of nitrogens with one attached hydrogen (secondary N) is 1. The minimum absolute atomic E-state index is 0.173. The van der Waals surface area contributed by atoms with Gasteiger partial charge in [-0.3, -0.25) is 0 Å². The first-order valence-corrected chi connectivity index (χ1v) is 7.73. The predicted octanol–water partition coefficient (Wildman–Crippen LogP) is 4.21. The third-order valence-electron chi connectivity index (χ3n) is 3.11. The van der Waals surface area contributed by atoms with Crippen molar-refractivity contribution in [1.29, 1.82) is 0 Å². The van der Waals surface area contributed by atoms with Crippen LogP contribution in [0.3, 0.4) is 0 Å². The lowest BCUT2D eigenvalue weighted by Crippen LogP contribution is -2.35. The molecule has 0 aromatic carbocycles. The smallest absolute Gasteiger partial charge is 0.0985 e. The van der Waals surface area contributed by atoms with Crippen LogP contribution in [0.1, 0.15) is 75.9 Å². The number of thiazole rings is 1. The van der Waals surface area contributed by atoms with Crippen LogP contribution in [0.4, 0.5) is 0 Å². The Balaban J connectivity index is 2.19. The van der Waals surface area contributed by atoms with E-state index in [0.717, 1.165) is 12.5 Å². The van der Waals surface area contributed by atoms with Crippen molar-refractivity contribution in [2.75, 3.05) is 0 Å². The lowest BCUT2D eigenvalue weighted by atomic mass is 9.98. The number of hydrogen-bond donors (Lipinski definition) is 1. The fraction of sp³-hybridized carbons (Fsp3) is 0.800. The van der Waals surface area contributed by atoms with Crippen LogP contribution in [-0.4, -0.2) is 10.5 Å². The highest BCUT2D eigenvalue weighted by Gasteiger charge is 2.31. The van der Waals surface area contributed by atoms with E-state index in [-0.39, 0.29) is 11.0 Å². The van der Waals surface area contributed by atoms with Crippen LogP contribution < -0.4 is 5.32 Å². The van der Waals surface area contributed by atoms with Crippen molar-refractivity contribution in [1.82, 2.24) is 10.3 Å². The van der Waals surface area contributed by atoms with E-state index >= 15 is 0 Å². The maximum absolute atomic E-state index is 4.92. The Morgan fingerprint density at radius 1 is 1.17 bits per heavy atom. The molecule has 0 saturated heterocycles.